The third-order valence-corrected chi connectivity index (χ3v) is 3.71. The van der Waals surface area contributed by atoms with Crippen molar-refractivity contribution in [3.05, 3.63) is 45.0 Å². The van der Waals surface area contributed by atoms with Gasteiger partial charge in [0.25, 0.3) is 0 Å². The van der Waals surface area contributed by atoms with Crippen LogP contribution in [0.2, 0.25) is 5.15 Å². The van der Waals surface area contributed by atoms with Crippen molar-refractivity contribution in [2.24, 2.45) is 7.05 Å². The molecule has 1 aromatic carbocycles. The fourth-order valence-electron chi connectivity index (χ4n) is 1.98. The molecule has 6 heteroatoms. The molecule has 0 N–H and O–H groups in total. The minimum atomic E-state index is -0.267. The summed E-state index contributed by atoms with van der Waals surface area (Å²) in [5.74, 6) is 0.470. The topological polar surface area (TPSA) is 30.7 Å². The van der Waals surface area contributed by atoms with Gasteiger partial charge in [-0.15, -0.1) is 0 Å². The highest BCUT2D eigenvalue weighted by Crippen LogP contribution is 2.28. The minimum Gasteiger partial charge on any atom is -0.327 e. The van der Waals surface area contributed by atoms with Crippen LogP contribution >= 0.6 is 34.2 Å². The Bertz CT molecular complexity index is 768. The van der Waals surface area contributed by atoms with Gasteiger partial charge in [-0.3, -0.25) is 0 Å². The summed E-state index contributed by atoms with van der Waals surface area (Å²) in [7, 11) is 1.90. The monoisotopic (exact) mass is 387 g/mol. The zero-order valence-corrected chi connectivity index (χ0v) is 12.8. The van der Waals surface area contributed by atoms with Crippen LogP contribution < -0.4 is 0 Å². The van der Waals surface area contributed by atoms with E-state index in [0.29, 0.717) is 10.7 Å². The molecule has 3 aromatic rings. The molecule has 2 heterocycles. The van der Waals surface area contributed by atoms with Crippen molar-refractivity contribution in [3.8, 4) is 11.4 Å². The van der Waals surface area contributed by atoms with E-state index in [1.165, 1.54) is 12.1 Å². The SMILES string of the molecule is Cn1c(-c2ccc(F)cc2)nc2c(Cl)nc(I)cc21. The van der Waals surface area contributed by atoms with Gasteiger partial charge in [-0.25, -0.2) is 14.4 Å². The van der Waals surface area contributed by atoms with E-state index >= 15 is 0 Å². The number of halogens is 3. The van der Waals surface area contributed by atoms with Crippen molar-refractivity contribution in [1.82, 2.24) is 14.5 Å². The normalized spacial score (nSPS) is 11.2. The highest BCUT2D eigenvalue weighted by atomic mass is 127. The number of benzene rings is 1. The first-order valence-corrected chi connectivity index (χ1v) is 6.96. The van der Waals surface area contributed by atoms with Crippen LogP contribution in [0.5, 0.6) is 0 Å². The highest BCUT2D eigenvalue weighted by Gasteiger charge is 2.14. The Balaban J connectivity index is 2.28. The molecule has 0 aliphatic carbocycles. The van der Waals surface area contributed by atoms with Crippen LogP contribution in [-0.2, 0) is 7.05 Å². The molecular weight excluding hydrogens is 380 g/mol. The molecule has 3 rings (SSSR count). The summed E-state index contributed by atoms with van der Waals surface area (Å²) >= 11 is 8.22. The Morgan fingerprint density at radius 3 is 2.58 bits per heavy atom. The van der Waals surface area contributed by atoms with Gasteiger partial charge in [0.1, 0.15) is 20.9 Å². The van der Waals surface area contributed by atoms with Gasteiger partial charge in [0, 0.05) is 12.6 Å². The van der Waals surface area contributed by atoms with E-state index in [0.717, 1.165) is 20.6 Å². The average Bonchev–Trinajstić information content (AvgIpc) is 2.69. The van der Waals surface area contributed by atoms with E-state index in [-0.39, 0.29) is 5.82 Å². The Hall–Kier alpha value is -1.21. The lowest BCUT2D eigenvalue weighted by Gasteiger charge is -2.02. The standard InChI is InChI=1S/C13H8ClFIN3/c1-19-9-6-10(16)17-12(14)11(9)18-13(19)7-2-4-8(15)5-3-7/h2-6H,1H3. The quantitative estimate of drug-likeness (QED) is 0.466. The Morgan fingerprint density at radius 2 is 1.89 bits per heavy atom. The zero-order chi connectivity index (χ0) is 13.6. The number of fused-ring (bicyclic) bond motifs is 1. The first kappa shape index (κ1) is 12.8. The maximum absolute atomic E-state index is 13.0. The van der Waals surface area contributed by atoms with Crippen LogP contribution in [0.25, 0.3) is 22.4 Å². The zero-order valence-electron chi connectivity index (χ0n) is 9.86. The van der Waals surface area contributed by atoms with Gasteiger partial charge in [0.2, 0.25) is 0 Å². The van der Waals surface area contributed by atoms with E-state index in [1.54, 1.807) is 12.1 Å². The van der Waals surface area contributed by atoms with Gasteiger partial charge in [-0.05, 0) is 52.9 Å². The Morgan fingerprint density at radius 1 is 1.21 bits per heavy atom. The molecule has 0 aliphatic heterocycles. The van der Waals surface area contributed by atoms with Gasteiger partial charge in [0.15, 0.2) is 5.15 Å². The van der Waals surface area contributed by atoms with Crippen LogP contribution in [0.15, 0.2) is 30.3 Å². The number of nitrogens with zero attached hydrogens (tertiary/aromatic N) is 3. The van der Waals surface area contributed by atoms with Crippen molar-refractivity contribution in [3.63, 3.8) is 0 Å². The second kappa shape index (κ2) is 4.72. The summed E-state index contributed by atoms with van der Waals surface area (Å²) in [5.41, 5.74) is 2.40. The van der Waals surface area contributed by atoms with Gasteiger partial charge in [0.05, 0.1) is 5.52 Å². The Labute approximate surface area is 127 Å². The number of pyridine rings is 1. The molecule has 0 radical (unpaired) electrons. The summed E-state index contributed by atoms with van der Waals surface area (Å²) in [5, 5.41) is 0.380. The summed E-state index contributed by atoms with van der Waals surface area (Å²) in [6.07, 6.45) is 0. The van der Waals surface area contributed by atoms with Crippen LogP contribution in [-0.4, -0.2) is 14.5 Å². The molecule has 0 spiro atoms. The first-order chi connectivity index (χ1) is 9.06. The second-order valence-corrected chi connectivity index (χ2v) is 5.57. The van der Waals surface area contributed by atoms with E-state index in [2.05, 4.69) is 32.6 Å². The first-order valence-electron chi connectivity index (χ1n) is 5.50. The highest BCUT2D eigenvalue weighted by molar-refractivity contribution is 14.1. The molecule has 0 bridgehead atoms. The molecule has 0 saturated heterocycles. The molecule has 3 nitrogen and oxygen atoms in total. The number of hydrogen-bond donors (Lipinski definition) is 0. The molecule has 0 saturated carbocycles. The molecule has 0 aliphatic rings. The van der Waals surface area contributed by atoms with E-state index < -0.39 is 0 Å². The van der Waals surface area contributed by atoms with Crippen LogP contribution in [0.1, 0.15) is 0 Å². The van der Waals surface area contributed by atoms with Crippen molar-refractivity contribution < 1.29 is 4.39 Å². The minimum absolute atomic E-state index is 0.267. The lowest BCUT2D eigenvalue weighted by molar-refractivity contribution is 0.628. The molecule has 2 aromatic heterocycles. The van der Waals surface area contributed by atoms with E-state index in [1.807, 2.05) is 17.7 Å². The lowest BCUT2D eigenvalue weighted by Crippen LogP contribution is -1.93. The predicted molar refractivity (Wildman–Crippen MR) is 81.6 cm³/mol. The predicted octanol–water partition coefficient (Wildman–Crippen LogP) is 4.03. The summed E-state index contributed by atoms with van der Waals surface area (Å²) in [6, 6.07) is 8.14. The van der Waals surface area contributed by atoms with Gasteiger partial charge < -0.3 is 4.57 Å². The van der Waals surface area contributed by atoms with Crippen molar-refractivity contribution in [1.29, 1.82) is 0 Å². The molecule has 96 valence electrons. The van der Waals surface area contributed by atoms with Crippen molar-refractivity contribution in [2.75, 3.05) is 0 Å². The van der Waals surface area contributed by atoms with E-state index in [9.17, 15) is 4.39 Å². The third-order valence-electron chi connectivity index (χ3n) is 2.90. The van der Waals surface area contributed by atoms with Crippen LogP contribution in [0.4, 0.5) is 4.39 Å². The smallest absolute Gasteiger partial charge is 0.158 e. The fraction of sp³-hybridized carbons (Fsp3) is 0.0769. The number of aromatic nitrogens is 3. The van der Waals surface area contributed by atoms with Crippen LogP contribution in [0.3, 0.4) is 0 Å². The maximum Gasteiger partial charge on any atom is 0.158 e. The van der Waals surface area contributed by atoms with Crippen molar-refractivity contribution in [2.45, 2.75) is 0 Å². The molecule has 0 amide bonds. The lowest BCUT2D eigenvalue weighted by atomic mass is 10.2. The number of aryl methyl sites for hydroxylation is 1. The molecule has 0 unspecified atom stereocenters. The number of imidazole rings is 1. The van der Waals surface area contributed by atoms with Gasteiger partial charge in [-0.1, -0.05) is 11.6 Å². The van der Waals surface area contributed by atoms with Gasteiger partial charge in [-0.2, -0.15) is 0 Å². The van der Waals surface area contributed by atoms with Gasteiger partial charge >= 0.3 is 0 Å². The van der Waals surface area contributed by atoms with Crippen molar-refractivity contribution >= 4 is 45.2 Å². The molecular formula is C13H8ClFIN3. The second-order valence-electron chi connectivity index (χ2n) is 4.10. The third kappa shape index (κ3) is 2.21. The molecule has 0 atom stereocenters. The average molecular weight is 388 g/mol. The van der Waals surface area contributed by atoms with E-state index in [4.69, 9.17) is 11.6 Å². The maximum atomic E-state index is 13.0. The summed E-state index contributed by atoms with van der Waals surface area (Å²) < 4.78 is 15.7. The number of rotatable bonds is 1. The Kier molecular flexibility index (Phi) is 3.18. The summed E-state index contributed by atoms with van der Waals surface area (Å²) in [6.45, 7) is 0. The number of hydrogen-bond acceptors (Lipinski definition) is 2. The summed E-state index contributed by atoms with van der Waals surface area (Å²) in [4.78, 5) is 8.68. The molecule has 0 fully saturated rings. The largest absolute Gasteiger partial charge is 0.327 e. The molecule has 19 heavy (non-hydrogen) atoms. The van der Waals surface area contributed by atoms with Crippen LogP contribution in [0, 0.1) is 9.52 Å². The fourth-order valence-corrected chi connectivity index (χ4v) is 2.89.